The molecule has 2 heteroatoms. The first-order chi connectivity index (χ1) is 11.4. The Kier molecular flexibility index (Phi) is 4.04. The van der Waals surface area contributed by atoms with Gasteiger partial charge in [0.2, 0.25) is 0 Å². The summed E-state index contributed by atoms with van der Waals surface area (Å²) in [6, 6.07) is 0. The Hall–Kier alpha value is -0.860. The van der Waals surface area contributed by atoms with Crippen molar-refractivity contribution >= 4 is 0 Å². The third-order valence-corrected chi connectivity index (χ3v) is 7.27. The average molecular weight is 328 g/mol. The van der Waals surface area contributed by atoms with Crippen molar-refractivity contribution < 1.29 is 10.2 Å². The van der Waals surface area contributed by atoms with Crippen molar-refractivity contribution in [1.29, 1.82) is 0 Å². The molecule has 0 spiro atoms. The van der Waals surface area contributed by atoms with Gasteiger partial charge in [-0.05, 0) is 74.5 Å². The molecule has 0 aliphatic heterocycles. The van der Waals surface area contributed by atoms with Crippen molar-refractivity contribution in [3.63, 3.8) is 0 Å². The fraction of sp³-hybridized carbons (Fsp3) is 0.727. The lowest BCUT2D eigenvalue weighted by atomic mass is 9.62. The molecule has 3 fully saturated rings. The van der Waals surface area contributed by atoms with Gasteiger partial charge in [0, 0.05) is 0 Å². The molecule has 0 saturated heterocycles. The molecule has 3 saturated carbocycles. The van der Waals surface area contributed by atoms with Crippen LogP contribution in [0.4, 0.5) is 0 Å². The van der Waals surface area contributed by atoms with E-state index in [1.54, 1.807) is 11.1 Å². The van der Waals surface area contributed by atoms with E-state index in [1.165, 1.54) is 44.1 Å². The highest BCUT2D eigenvalue weighted by Crippen LogP contribution is 2.65. The Labute approximate surface area is 146 Å². The Balaban J connectivity index is 1.55. The normalized spacial score (nSPS) is 42.7. The molecule has 2 nitrogen and oxygen atoms in total. The minimum absolute atomic E-state index is 0.371. The summed E-state index contributed by atoms with van der Waals surface area (Å²) in [7, 11) is 0. The van der Waals surface area contributed by atoms with Crippen LogP contribution in [0.15, 0.2) is 34.9 Å². The number of aliphatic hydroxyl groups excluding tert-OH is 2. The van der Waals surface area contributed by atoms with Crippen molar-refractivity contribution in [1.82, 2.24) is 0 Å². The van der Waals surface area contributed by atoms with E-state index < -0.39 is 0 Å². The van der Waals surface area contributed by atoms with E-state index in [9.17, 15) is 10.2 Å². The minimum atomic E-state index is -0.371. The molecule has 0 aromatic carbocycles. The molecule has 0 amide bonds. The minimum Gasteiger partial charge on any atom is -0.393 e. The maximum absolute atomic E-state index is 9.88. The van der Waals surface area contributed by atoms with E-state index in [-0.39, 0.29) is 12.2 Å². The maximum Gasteiger partial charge on any atom is 0.0602 e. The molecular weight excluding hydrogens is 296 g/mol. The van der Waals surface area contributed by atoms with Crippen LogP contribution in [-0.4, -0.2) is 22.4 Å². The predicted molar refractivity (Wildman–Crippen MR) is 97.5 cm³/mol. The highest BCUT2D eigenvalue weighted by molar-refractivity contribution is 5.38. The van der Waals surface area contributed by atoms with Crippen LogP contribution in [0.1, 0.15) is 71.6 Å². The summed E-state index contributed by atoms with van der Waals surface area (Å²) in [4.78, 5) is 0. The van der Waals surface area contributed by atoms with Crippen LogP contribution in [-0.2, 0) is 0 Å². The topological polar surface area (TPSA) is 40.5 Å². The number of aliphatic hydroxyl groups is 2. The van der Waals surface area contributed by atoms with E-state index in [0.29, 0.717) is 23.2 Å². The Morgan fingerprint density at radius 3 is 2.42 bits per heavy atom. The third kappa shape index (κ3) is 2.82. The molecule has 2 N–H and O–H groups in total. The van der Waals surface area contributed by atoms with Crippen molar-refractivity contribution in [2.24, 2.45) is 16.7 Å². The SMILES string of the molecule is CC1(C2=CC[C@H]3/C(=C/C=C4C[C@@H](O)C[C@H](O)C4)CCC[C@]23C)CC1. The second-order valence-electron chi connectivity index (χ2n) is 9.26. The summed E-state index contributed by atoms with van der Waals surface area (Å²) in [5, 5.41) is 19.8. The zero-order valence-electron chi connectivity index (χ0n) is 15.2. The molecular formula is C22H32O2. The zero-order chi connectivity index (χ0) is 16.9. The maximum atomic E-state index is 9.88. The molecule has 0 unspecified atom stereocenters. The molecule has 4 rings (SSSR count). The van der Waals surface area contributed by atoms with Crippen molar-refractivity contribution in [2.45, 2.75) is 83.8 Å². The lowest BCUT2D eigenvalue weighted by Crippen LogP contribution is -2.33. The summed E-state index contributed by atoms with van der Waals surface area (Å²) < 4.78 is 0. The zero-order valence-corrected chi connectivity index (χ0v) is 15.2. The van der Waals surface area contributed by atoms with E-state index in [4.69, 9.17) is 0 Å². The highest BCUT2D eigenvalue weighted by atomic mass is 16.3. The van der Waals surface area contributed by atoms with Crippen LogP contribution in [0.2, 0.25) is 0 Å². The Morgan fingerprint density at radius 1 is 1.04 bits per heavy atom. The van der Waals surface area contributed by atoms with Gasteiger partial charge in [-0.1, -0.05) is 48.8 Å². The highest BCUT2D eigenvalue weighted by Gasteiger charge is 2.54. The standard InChI is InChI=1S/C22H32O2/c1-21(10-11-21)20-8-7-19-16(4-3-9-22(19,20)2)6-5-15-12-17(23)14-18(24)13-15/h5-6,8,17-19,23-24H,3-4,7,9-14H2,1-2H3/b16-6+/t17-,18-,19+,22+/m1/s1. The first-order valence-corrected chi connectivity index (χ1v) is 9.86. The predicted octanol–water partition coefficient (Wildman–Crippen LogP) is 4.68. The van der Waals surface area contributed by atoms with Gasteiger partial charge in [0.15, 0.2) is 0 Å². The Bertz CT molecular complexity index is 595. The van der Waals surface area contributed by atoms with Crippen LogP contribution in [0.3, 0.4) is 0 Å². The Morgan fingerprint density at radius 2 is 1.75 bits per heavy atom. The van der Waals surface area contributed by atoms with Crippen molar-refractivity contribution in [2.75, 3.05) is 0 Å². The largest absolute Gasteiger partial charge is 0.393 e. The summed E-state index contributed by atoms with van der Waals surface area (Å²) in [6.45, 7) is 4.96. The van der Waals surface area contributed by atoms with Gasteiger partial charge < -0.3 is 10.2 Å². The van der Waals surface area contributed by atoms with Crippen LogP contribution in [0.25, 0.3) is 0 Å². The number of rotatable bonds is 2. The summed E-state index contributed by atoms with van der Waals surface area (Å²) in [5.41, 5.74) is 5.44. The first kappa shape index (κ1) is 16.6. The van der Waals surface area contributed by atoms with Crippen LogP contribution in [0.5, 0.6) is 0 Å². The van der Waals surface area contributed by atoms with Crippen molar-refractivity contribution in [3.05, 3.63) is 34.9 Å². The molecule has 0 heterocycles. The van der Waals surface area contributed by atoms with Crippen LogP contribution < -0.4 is 0 Å². The van der Waals surface area contributed by atoms with E-state index in [0.717, 1.165) is 12.8 Å². The van der Waals surface area contributed by atoms with Gasteiger partial charge in [0.05, 0.1) is 12.2 Å². The molecule has 132 valence electrons. The second kappa shape index (κ2) is 5.85. The quantitative estimate of drug-likeness (QED) is 0.723. The molecule has 4 atom stereocenters. The lowest BCUT2D eigenvalue weighted by Gasteiger charge is -2.42. The first-order valence-electron chi connectivity index (χ1n) is 9.86. The molecule has 4 aliphatic carbocycles. The van der Waals surface area contributed by atoms with E-state index in [1.807, 2.05) is 0 Å². The molecule has 0 aromatic heterocycles. The summed E-state index contributed by atoms with van der Waals surface area (Å²) >= 11 is 0. The van der Waals surface area contributed by atoms with Crippen LogP contribution >= 0.6 is 0 Å². The van der Waals surface area contributed by atoms with Crippen LogP contribution in [0, 0.1) is 16.7 Å². The van der Waals surface area contributed by atoms with E-state index >= 15 is 0 Å². The fourth-order valence-corrected chi connectivity index (χ4v) is 5.74. The molecule has 0 aromatic rings. The van der Waals surface area contributed by atoms with E-state index in [2.05, 4.69) is 32.1 Å². The molecule has 24 heavy (non-hydrogen) atoms. The van der Waals surface area contributed by atoms with Gasteiger partial charge in [0.25, 0.3) is 0 Å². The third-order valence-electron chi connectivity index (χ3n) is 7.27. The fourth-order valence-electron chi connectivity index (χ4n) is 5.74. The van der Waals surface area contributed by atoms with Gasteiger partial charge in [0.1, 0.15) is 0 Å². The van der Waals surface area contributed by atoms with Gasteiger partial charge in [-0.3, -0.25) is 0 Å². The molecule has 0 radical (unpaired) electrons. The monoisotopic (exact) mass is 328 g/mol. The summed E-state index contributed by atoms with van der Waals surface area (Å²) in [6.07, 6.45) is 16.2. The number of hydrogen-bond donors (Lipinski definition) is 2. The molecule has 4 aliphatic rings. The smallest absolute Gasteiger partial charge is 0.0602 e. The van der Waals surface area contributed by atoms with Crippen molar-refractivity contribution in [3.8, 4) is 0 Å². The summed E-state index contributed by atoms with van der Waals surface area (Å²) in [5.74, 6) is 0.675. The van der Waals surface area contributed by atoms with Gasteiger partial charge in [-0.2, -0.15) is 0 Å². The lowest BCUT2D eigenvalue weighted by molar-refractivity contribution is 0.0609. The van der Waals surface area contributed by atoms with Gasteiger partial charge >= 0.3 is 0 Å². The number of fused-ring (bicyclic) bond motifs is 1. The molecule has 0 bridgehead atoms. The number of hydrogen-bond acceptors (Lipinski definition) is 2. The van der Waals surface area contributed by atoms with Gasteiger partial charge in [-0.15, -0.1) is 0 Å². The number of allylic oxidation sites excluding steroid dienone is 5. The second-order valence-corrected chi connectivity index (χ2v) is 9.26. The average Bonchev–Trinajstić information content (AvgIpc) is 3.13. The van der Waals surface area contributed by atoms with Gasteiger partial charge in [-0.25, -0.2) is 0 Å².